The molecule has 2 heterocycles. The van der Waals surface area contributed by atoms with Crippen LogP contribution in [0.4, 0.5) is 0 Å². The van der Waals surface area contributed by atoms with E-state index in [-0.39, 0.29) is 16.7 Å². The predicted molar refractivity (Wildman–Crippen MR) is 114 cm³/mol. The number of aryl methyl sites for hydroxylation is 2. The van der Waals surface area contributed by atoms with E-state index in [9.17, 15) is 13.2 Å². The Morgan fingerprint density at radius 3 is 2.53 bits per heavy atom. The van der Waals surface area contributed by atoms with E-state index in [1.807, 2.05) is 20.0 Å². The predicted octanol–water partition coefficient (Wildman–Crippen LogP) is 2.20. The van der Waals surface area contributed by atoms with Gasteiger partial charge in [-0.1, -0.05) is 0 Å². The molecule has 1 aliphatic heterocycles. The molecule has 2 aromatic rings. The number of ether oxygens (including phenoxy) is 1. The van der Waals surface area contributed by atoms with Crippen molar-refractivity contribution >= 4 is 15.9 Å². The average molecular weight is 435 g/mol. The number of amides is 1. The van der Waals surface area contributed by atoms with Crippen molar-refractivity contribution in [2.24, 2.45) is 5.92 Å². The summed E-state index contributed by atoms with van der Waals surface area (Å²) in [6.07, 6.45) is 5.58. The highest BCUT2D eigenvalue weighted by molar-refractivity contribution is 7.89. The zero-order chi connectivity index (χ0) is 21.6. The summed E-state index contributed by atoms with van der Waals surface area (Å²) in [6, 6.07) is 6.48. The molecule has 9 heteroatoms. The highest BCUT2D eigenvalue weighted by Crippen LogP contribution is 2.25. The normalized spacial score (nSPS) is 15.8. The maximum Gasteiger partial charge on any atom is 0.243 e. The lowest BCUT2D eigenvalue weighted by atomic mass is 9.97. The zero-order valence-corrected chi connectivity index (χ0v) is 18.4. The van der Waals surface area contributed by atoms with Crippen LogP contribution < -0.4 is 10.1 Å². The lowest BCUT2D eigenvalue weighted by Crippen LogP contribution is -2.43. The van der Waals surface area contributed by atoms with Gasteiger partial charge in [0.2, 0.25) is 15.9 Å². The van der Waals surface area contributed by atoms with Crippen molar-refractivity contribution in [1.82, 2.24) is 19.2 Å². The third-order valence-corrected chi connectivity index (χ3v) is 7.31. The van der Waals surface area contributed by atoms with Crippen LogP contribution in [0.3, 0.4) is 0 Å². The summed E-state index contributed by atoms with van der Waals surface area (Å²) < 4.78 is 34.6. The number of rotatable bonds is 9. The van der Waals surface area contributed by atoms with Crippen molar-refractivity contribution in [3.63, 3.8) is 0 Å². The number of piperidine rings is 1. The van der Waals surface area contributed by atoms with E-state index < -0.39 is 10.0 Å². The summed E-state index contributed by atoms with van der Waals surface area (Å²) in [5, 5.41) is 2.98. The Labute approximate surface area is 178 Å². The van der Waals surface area contributed by atoms with Gasteiger partial charge in [-0.25, -0.2) is 13.4 Å². The molecule has 0 aliphatic carbocycles. The van der Waals surface area contributed by atoms with Crippen molar-refractivity contribution in [3.8, 4) is 5.75 Å². The maximum absolute atomic E-state index is 12.9. The van der Waals surface area contributed by atoms with Gasteiger partial charge in [0.05, 0.1) is 11.5 Å². The zero-order valence-electron chi connectivity index (χ0n) is 17.6. The summed E-state index contributed by atoms with van der Waals surface area (Å²) in [5.41, 5.74) is 0. The fraction of sp³-hybridized carbons (Fsp3) is 0.524. The second-order valence-corrected chi connectivity index (χ2v) is 9.33. The van der Waals surface area contributed by atoms with E-state index in [2.05, 4.69) is 14.9 Å². The third kappa shape index (κ3) is 5.40. The SMILES string of the molecule is CCOc1ccc(S(=O)(=O)N2CCC(C(=O)NCCCn3ccnc3C)CC2)cc1. The van der Waals surface area contributed by atoms with Crippen LogP contribution in [0.2, 0.25) is 0 Å². The smallest absolute Gasteiger partial charge is 0.243 e. The molecule has 0 radical (unpaired) electrons. The first-order chi connectivity index (χ1) is 14.4. The third-order valence-electron chi connectivity index (χ3n) is 5.40. The number of imidazole rings is 1. The van der Waals surface area contributed by atoms with Gasteiger partial charge in [0.15, 0.2) is 0 Å². The van der Waals surface area contributed by atoms with E-state index in [1.54, 1.807) is 30.5 Å². The molecule has 1 saturated heterocycles. The summed E-state index contributed by atoms with van der Waals surface area (Å²) >= 11 is 0. The van der Waals surface area contributed by atoms with Crippen LogP contribution in [0, 0.1) is 12.8 Å². The molecule has 0 spiro atoms. The van der Waals surface area contributed by atoms with E-state index in [4.69, 9.17) is 4.74 Å². The molecule has 1 amide bonds. The van der Waals surface area contributed by atoms with Crippen LogP contribution in [0.1, 0.15) is 32.0 Å². The van der Waals surface area contributed by atoms with Crippen molar-refractivity contribution in [1.29, 1.82) is 0 Å². The summed E-state index contributed by atoms with van der Waals surface area (Å²) in [4.78, 5) is 16.9. The number of nitrogens with one attached hydrogen (secondary N) is 1. The second-order valence-electron chi connectivity index (χ2n) is 7.40. The standard InChI is InChI=1S/C21H30N4O4S/c1-3-29-19-5-7-20(8-6-19)30(27,28)25-14-9-18(10-15-25)21(26)23-11-4-13-24-16-12-22-17(24)2/h5-8,12,16,18H,3-4,9-11,13-15H2,1-2H3,(H,23,26). The molecule has 8 nitrogen and oxygen atoms in total. The Balaban J connectivity index is 1.45. The second kappa shape index (κ2) is 10.1. The topological polar surface area (TPSA) is 93.5 Å². The van der Waals surface area contributed by atoms with Crippen molar-refractivity contribution in [2.45, 2.75) is 44.6 Å². The Morgan fingerprint density at radius 1 is 1.23 bits per heavy atom. The van der Waals surface area contributed by atoms with Crippen LogP contribution >= 0.6 is 0 Å². The lowest BCUT2D eigenvalue weighted by Gasteiger charge is -2.30. The number of carbonyl (C=O) groups excluding carboxylic acids is 1. The van der Waals surface area contributed by atoms with Crippen LogP contribution in [0.25, 0.3) is 0 Å². The molecular weight excluding hydrogens is 404 g/mol. The fourth-order valence-corrected chi connectivity index (χ4v) is 5.10. The highest BCUT2D eigenvalue weighted by Gasteiger charge is 2.32. The molecule has 1 N–H and O–H groups in total. The molecule has 3 rings (SSSR count). The molecule has 0 bridgehead atoms. The lowest BCUT2D eigenvalue weighted by molar-refractivity contribution is -0.126. The Kier molecular flexibility index (Phi) is 7.49. The number of aromatic nitrogens is 2. The van der Waals surface area contributed by atoms with Gasteiger partial charge in [-0.2, -0.15) is 4.31 Å². The number of hydrogen-bond donors (Lipinski definition) is 1. The maximum atomic E-state index is 12.9. The minimum absolute atomic E-state index is 0.00969. The first-order valence-electron chi connectivity index (χ1n) is 10.4. The fourth-order valence-electron chi connectivity index (χ4n) is 3.63. The Morgan fingerprint density at radius 2 is 1.93 bits per heavy atom. The number of nitrogens with zero attached hydrogens (tertiary/aromatic N) is 3. The monoisotopic (exact) mass is 434 g/mol. The van der Waals surface area contributed by atoms with Crippen molar-refractivity contribution in [3.05, 3.63) is 42.5 Å². The Hall–Kier alpha value is -2.39. The summed E-state index contributed by atoms with van der Waals surface area (Å²) in [7, 11) is -3.56. The number of hydrogen-bond acceptors (Lipinski definition) is 5. The van der Waals surface area contributed by atoms with Crippen molar-refractivity contribution < 1.29 is 17.9 Å². The highest BCUT2D eigenvalue weighted by atomic mass is 32.2. The van der Waals surface area contributed by atoms with Gasteiger partial charge in [0, 0.05) is 44.5 Å². The van der Waals surface area contributed by atoms with Gasteiger partial charge >= 0.3 is 0 Å². The van der Waals surface area contributed by atoms with E-state index in [1.165, 1.54) is 4.31 Å². The van der Waals surface area contributed by atoms with Crippen LogP contribution in [0.15, 0.2) is 41.6 Å². The quantitative estimate of drug-likeness (QED) is 0.611. The van der Waals surface area contributed by atoms with E-state index in [0.29, 0.717) is 44.8 Å². The first kappa shape index (κ1) is 22.3. The van der Waals surface area contributed by atoms with Gasteiger partial charge in [-0.15, -0.1) is 0 Å². The molecule has 30 heavy (non-hydrogen) atoms. The minimum atomic E-state index is -3.56. The molecule has 1 aromatic carbocycles. The molecule has 1 fully saturated rings. The molecule has 0 atom stereocenters. The summed E-state index contributed by atoms with van der Waals surface area (Å²) in [6.45, 7) is 6.47. The average Bonchev–Trinajstić information content (AvgIpc) is 3.16. The first-order valence-corrected chi connectivity index (χ1v) is 11.8. The van der Waals surface area contributed by atoms with E-state index >= 15 is 0 Å². The molecule has 1 aromatic heterocycles. The van der Waals surface area contributed by atoms with Crippen LogP contribution in [-0.2, 0) is 21.4 Å². The van der Waals surface area contributed by atoms with Gasteiger partial charge < -0.3 is 14.6 Å². The van der Waals surface area contributed by atoms with Gasteiger partial charge in [-0.05, 0) is 57.4 Å². The van der Waals surface area contributed by atoms with E-state index in [0.717, 1.165) is 18.8 Å². The van der Waals surface area contributed by atoms with Gasteiger partial charge in [0.1, 0.15) is 11.6 Å². The molecule has 0 unspecified atom stereocenters. The minimum Gasteiger partial charge on any atom is -0.494 e. The van der Waals surface area contributed by atoms with Crippen LogP contribution in [0.5, 0.6) is 5.75 Å². The molecule has 1 aliphatic rings. The largest absolute Gasteiger partial charge is 0.494 e. The molecular formula is C21H30N4O4S. The Bertz CT molecular complexity index is 932. The van der Waals surface area contributed by atoms with Gasteiger partial charge in [0.25, 0.3) is 0 Å². The number of sulfonamides is 1. The number of carbonyl (C=O) groups is 1. The number of benzene rings is 1. The summed E-state index contributed by atoms with van der Waals surface area (Å²) in [5.74, 6) is 1.47. The van der Waals surface area contributed by atoms with Crippen molar-refractivity contribution in [2.75, 3.05) is 26.2 Å². The molecule has 164 valence electrons. The molecule has 0 saturated carbocycles. The van der Waals surface area contributed by atoms with Crippen LogP contribution in [-0.4, -0.2) is 54.4 Å². The van der Waals surface area contributed by atoms with Gasteiger partial charge in [-0.3, -0.25) is 4.79 Å².